The summed E-state index contributed by atoms with van der Waals surface area (Å²) < 4.78 is 15.4. The third-order valence-electron chi connectivity index (χ3n) is 4.66. The number of benzene rings is 2. The van der Waals surface area contributed by atoms with Crippen LogP contribution in [0.25, 0.3) is 0 Å². The highest BCUT2D eigenvalue weighted by atomic mass is 16.5. The largest absolute Gasteiger partial charge is 0.497 e. The predicted octanol–water partition coefficient (Wildman–Crippen LogP) is 3.18. The van der Waals surface area contributed by atoms with Gasteiger partial charge in [-0.25, -0.2) is 0 Å². The lowest BCUT2D eigenvalue weighted by Gasteiger charge is -2.19. The Morgan fingerprint density at radius 2 is 1.30 bits per heavy atom. The van der Waals surface area contributed by atoms with Crippen LogP contribution in [0.5, 0.6) is 11.5 Å². The zero-order chi connectivity index (χ0) is 16.4. The van der Waals surface area contributed by atoms with Crippen LogP contribution >= 0.6 is 0 Å². The molecule has 3 rings (SSSR count). The molecule has 1 unspecified atom stereocenters. The summed E-state index contributed by atoms with van der Waals surface area (Å²) in [5, 5.41) is 0. The van der Waals surface area contributed by atoms with Gasteiger partial charge in [-0.1, -0.05) is 24.3 Å². The third-order valence-corrected chi connectivity index (χ3v) is 4.66. The molecule has 0 radical (unpaired) electrons. The number of methoxy groups -OCH3 is 3. The normalized spacial score (nSPS) is 18.1. The molecule has 0 spiro atoms. The van der Waals surface area contributed by atoms with Crippen LogP contribution in [0.15, 0.2) is 48.5 Å². The van der Waals surface area contributed by atoms with Crippen molar-refractivity contribution in [3.8, 4) is 11.5 Å². The molecular formula is C19H20O4. The van der Waals surface area contributed by atoms with E-state index in [1.165, 1.54) is 7.11 Å². The Hall–Kier alpha value is -2.49. The molecule has 1 aliphatic rings. The van der Waals surface area contributed by atoms with Crippen molar-refractivity contribution >= 4 is 5.97 Å². The van der Waals surface area contributed by atoms with E-state index in [9.17, 15) is 4.79 Å². The fraction of sp³-hybridized carbons (Fsp3) is 0.316. The highest BCUT2D eigenvalue weighted by Gasteiger charge is 2.61. The molecule has 23 heavy (non-hydrogen) atoms. The maximum atomic E-state index is 12.1. The second-order valence-electron chi connectivity index (χ2n) is 5.71. The van der Waals surface area contributed by atoms with Crippen LogP contribution in [-0.4, -0.2) is 27.3 Å². The molecule has 0 heterocycles. The van der Waals surface area contributed by atoms with Crippen LogP contribution in [0.4, 0.5) is 0 Å². The molecule has 0 N–H and O–H groups in total. The standard InChI is InChI=1S/C19H20O4/c1-21-15-8-4-13(5-9-15)19(12-17(19)18(20)23-3)14-6-10-16(22-2)11-7-14/h4-11,17H,12H2,1-3H3. The number of esters is 1. The number of hydrogen-bond acceptors (Lipinski definition) is 4. The summed E-state index contributed by atoms with van der Waals surface area (Å²) in [5.74, 6) is 1.27. The first-order valence-corrected chi connectivity index (χ1v) is 7.52. The lowest BCUT2D eigenvalue weighted by atomic mass is 9.85. The molecule has 4 nitrogen and oxygen atoms in total. The summed E-state index contributed by atoms with van der Waals surface area (Å²) >= 11 is 0. The van der Waals surface area contributed by atoms with E-state index < -0.39 is 0 Å². The van der Waals surface area contributed by atoms with Crippen molar-refractivity contribution in [2.45, 2.75) is 11.8 Å². The first-order valence-electron chi connectivity index (χ1n) is 7.52. The van der Waals surface area contributed by atoms with Crippen LogP contribution in [0.1, 0.15) is 17.5 Å². The van der Waals surface area contributed by atoms with Crippen molar-refractivity contribution < 1.29 is 19.0 Å². The highest BCUT2D eigenvalue weighted by molar-refractivity contribution is 5.81. The molecule has 0 bridgehead atoms. The van der Waals surface area contributed by atoms with E-state index >= 15 is 0 Å². The summed E-state index contributed by atoms with van der Waals surface area (Å²) in [6.07, 6.45) is 0.748. The average Bonchev–Trinajstić information content (AvgIpc) is 3.38. The molecule has 1 fully saturated rings. The fourth-order valence-electron chi connectivity index (χ4n) is 3.27. The number of ether oxygens (including phenoxy) is 3. The smallest absolute Gasteiger partial charge is 0.309 e. The maximum absolute atomic E-state index is 12.1. The Morgan fingerprint density at radius 3 is 1.65 bits per heavy atom. The van der Waals surface area contributed by atoms with Gasteiger partial charge in [0.05, 0.1) is 27.2 Å². The van der Waals surface area contributed by atoms with Gasteiger partial charge < -0.3 is 14.2 Å². The summed E-state index contributed by atoms with van der Waals surface area (Å²) in [6, 6.07) is 15.8. The van der Waals surface area contributed by atoms with E-state index in [-0.39, 0.29) is 17.3 Å². The number of rotatable bonds is 5. The molecule has 1 atom stereocenters. The van der Waals surface area contributed by atoms with Crippen LogP contribution < -0.4 is 9.47 Å². The van der Waals surface area contributed by atoms with E-state index in [1.54, 1.807) is 14.2 Å². The van der Waals surface area contributed by atoms with Crippen molar-refractivity contribution in [1.82, 2.24) is 0 Å². The van der Waals surface area contributed by atoms with Crippen LogP contribution in [0, 0.1) is 5.92 Å². The minimum atomic E-state index is -0.328. The van der Waals surface area contributed by atoms with Crippen LogP contribution in [0.3, 0.4) is 0 Å². The van der Waals surface area contributed by atoms with E-state index in [4.69, 9.17) is 14.2 Å². The highest BCUT2D eigenvalue weighted by Crippen LogP contribution is 2.59. The Bertz CT molecular complexity index is 641. The summed E-state index contributed by atoms with van der Waals surface area (Å²) in [5.41, 5.74) is 1.86. The molecular weight excluding hydrogens is 292 g/mol. The van der Waals surface area contributed by atoms with Gasteiger partial charge in [-0.3, -0.25) is 4.79 Å². The second kappa shape index (κ2) is 5.95. The minimum absolute atomic E-state index is 0.158. The van der Waals surface area contributed by atoms with Gasteiger partial charge >= 0.3 is 5.97 Å². The first kappa shape index (κ1) is 15.4. The van der Waals surface area contributed by atoms with Crippen molar-refractivity contribution in [1.29, 1.82) is 0 Å². The Morgan fingerprint density at radius 1 is 0.870 bits per heavy atom. The average molecular weight is 312 g/mol. The van der Waals surface area contributed by atoms with Crippen molar-refractivity contribution in [3.05, 3.63) is 59.7 Å². The van der Waals surface area contributed by atoms with Crippen molar-refractivity contribution in [2.75, 3.05) is 21.3 Å². The molecule has 0 saturated heterocycles. The SMILES string of the molecule is COC(=O)C1CC1(c1ccc(OC)cc1)c1ccc(OC)cc1. The zero-order valence-corrected chi connectivity index (χ0v) is 13.5. The molecule has 2 aromatic carbocycles. The molecule has 1 aliphatic carbocycles. The van der Waals surface area contributed by atoms with Crippen molar-refractivity contribution in [2.24, 2.45) is 5.92 Å². The van der Waals surface area contributed by atoms with Gasteiger partial charge in [0.25, 0.3) is 0 Å². The van der Waals surface area contributed by atoms with Gasteiger partial charge in [-0.05, 0) is 41.8 Å². The topological polar surface area (TPSA) is 44.8 Å². The quantitative estimate of drug-likeness (QED) is 0.796. The molecule has 120 valence electrons. The van der Waals surface area contributed by atoms with Gasteiger partial charge in [0, 0.05) is 5.41 Å². The molecule has 1 saturated carbocycles. The van der Waals surface area contributed by atoms with Gasteiger partial charge in [-0.15, -0.1) is 0 Å². The maximum Gasteiger partial charge on any atom is 0.309 e. The van der Waals surface area contributed by atoms with Gasteiger partial charge in [0.1, 0.15) is 11.5 Å². The first-order chi connectivity index (χ1) is 11.2. The zero-order valence-electron chi connectivity index (χ0n) is 13.5. The predicted molar refractivity (Wildman–Crippen MR) is 86.9 cm³/mol. The summed E-state index contributed by atoms with van der Waals surface area (Å²) in [6.45, 7) is 0. The van der Waals surface area contributed by atoms with Gasteiger partial charge in [0.15, 0.2) is 0 Å². The molecule has 4 heteroatoms. The molecule has 0 amide bonds. The number of carbonyl (C=O) groups excluding carboxylic acids is 1. The van der Waals surface area contributed by atoms with Gasteiger partial charge in [-0.2, -0.15) is 0 Å². The fourth-order valence-corrected chi connectivity index (χ4v) is 3.27. The third kappa shape index (κ3) is 2.54. The number of hydrogen-bond donors (Lipinski definition) is 0. The Balaban J connectivity index is 2.02. The Labute approximate surface area is 136 Å². The molecule has 2 aromatic rings. The lowest BCUT2D eigenvalue weighted by Crippen LogP contribution is -2.18. The van der Waals surface area contributed by atoms with E-state index in [1.807, 2.05) is 48.5 Å². The molecule has 0 aliphatic heterocycles. The molecule has 0 aromatic heterocycles. The minimum Gasteiger partial charge on any atom is -0.497 e. The lowest BCUT2D eigenvalue weighted by molar-refractivity contribution is -0.142. The van der Waals surface area contributed by atoms with Crippen LogP contribution in [0.2, 0.25) is 0 Å². The summed E-state index contributed by atoms with van der Waals surface area (Å²) in [7, 11) is 4.72. The van der Waals surface area contributed by atoms with E-state index in [0.29, 0.717) is 0 Å². The van der Waals surface area contributed by atoms with Gasteiger partial charge in [0.2, 0.25) is 0 Å². The van der Waals surface area contributed by atoms with E-state index in [0.717, 1.165) is 29.0 Å². The number of carbonyl (C=O) groups is 1. The van der Waals surface area contributed by atoms with E-state index in [2.05, 4.69) is 0 Å². The monoisotopic (exact) mass is 312 g/mol. The Kier molecular flexibility index (Phi) is 3.99. The van der Waals surface area contributed by atoms with Crippen LogP contribution in [-0.2, 0) is 14.9 Å². The van der Waals surface area contributed by atoms with Crippen molar-refractivity contribution in [3.63, 3.8) is 0 Å². The second-order valence-corrected chi connectivity index (χ2v) is 5.71. The summed E-state index contributed by atoms with van der Waals surface area (Å²) in [4.78, 5) is 12.1.